The molecule has 1 aromatic rings. The predicted octanol–water partition coefficient (Wildman–Crippen LogP) is 1.82. The van der Waals surface area contributed by atoms with Crippen LogP contribution < -0.4 is 0 Å². The van der Waals surface area contributed by atoms with E-state index in [1.54, 1.807) is 24.3 Å². The molecule has 0 unspecified atom stereocenters. The van der Waals surface area contributed by atoms with Crippen LogP contribution in [-0.4, -0.2) is 22.2 Å². The summed E-state index contributed by atoms with van der Waals surface area (Å²) < 4.78 is 0. The van der Waals surface area contributed by atoms with Crippen LogP contribution in [0.5, 0.6) is 0 Å². The summed E-state index contributed by atoms with van der Waals surface area (Å²) in [4.78, 5) is 24.1. The van der Waals surface area contributed by atoms with Gasteiger partial charge < -0.3 is 10.2 Å². The van der Waals surface area contributed by atoms with Crippen LogP contribution in [0.3, 0.4) is 0 Å². The Bertz CT molecular complexity index is 478. The minimum Gasteiger partial charge on any atom is -0.481 e. The van der Waals surface area contributed by atoms with E-state index in [2.05, 4.69) is 10.0 Å². The van der Waals surface area contributed by atoms with Crippen LogP contribution in [-0.2, 0) is 22.6 Å². The summed E-state index contributed by atoms with van der Waals surface area (Å²) in [5.74, 6) is -4.17. The van der Waals surface area contributed by atoms with E-state index in [-0.39, 0.29) is 13.0 Å². The molecule has 94 valence electrons. The highest BCUT2D eigenvalue weighted by Crippen LogP contribution is 2.12. The molecule has 0 aliphatic carbocycles. The summed E-state index contributed by atoms with van der Waals surface area (Å²) in [7, 11) is 0. The van der Waals surface area contributed by atoms with Gasteiger partial charge in [0, 0.05) is 4.91 Å². The molecule has 0 radical (unpaired) electrons. The first-order chi connectivity index (χ1) is 8.54. The smallest absolute Gasteiger partial charge is 0.318 e. The molecule has 0 aliphatic heterocycles. The molecule has 0 fully saturated rings. The van der Waals surface area contributed by atoms with Crippen molar-refractivity contribution in [2.75, 3.05) is 0 Å². The number of rotatable bonds is 6. The van der Waals surface area contributed by atoms with Crippen LogP contribution >= 0.6 is 0 Å². The van der Waals surface area contributed by atoms with Gasteiger partial charge in [-0.05, 0) is 23.1 Å². The molecule has 0 saturated carbocycles. The molecule has 0 aromatic heterocycles. The topological polar surface area (TPSA) is 123 Å². The maximum atomic E-state index is 10.7. The molecule has 0 spiro atoms. The summed E-state index contributed by atoms with van der Waals surface area (Å²) in [5, 5.41) is 20.9. The zero-order valence-corrected chi connectivity index (χ0v) is 9.35. The van der Waals surface area contributed by atoms with Gasteiger partial charge in [-0.3, -0.25) is 9.59 Å². The summed E-state index contributed by atoms with van der Waals surface area (Å²) in [6.45, 7) is 0.206. The lowest BCUT2D eigenvalue weighted by molar-refractivity contribution is -0.154. The maximum absolute atomic E-state index is 10.7. The van der Waals surface area contributed by atoms with Crippen LogP contribution in [0, 0.1) is 5.92 Å². The van der Waals surface area contributed by atoms with Crippen LogP contribution in [0.2, 0.25) is 0 Å². The summed E-state index contributed by atoms with van der Waals surface area (Å²) in [6.07, 6.45) is -0.0769. The number of azide groups is 1. The van der Waals surface area contributed by atoms with E-state index in [1.807, 2.05) is 0 Å². The highest BCUT2D eigenvalue weighted by atomic mass is 16.4. The molecule has 2 N–H and O–H groups in total. The lowest BCUT2D eigenvalue weighted by Gasteiger charge is -2.07. The fourth-order valence-corrected chi connectivity index (χ4v) is 1.41. The molecule has 18 heavy (non-hydrogen) atoms. The zero-order valence-electron chi connectivity index (χ0n) is 9.35. The van der Waals surface area contributed by atoms with Gasteiger partial charge in [0.25, 0.3) is 0 Å². The highest BCUT2D eigenvalue weighted by molar-refractivity contribution is 5.93. The van der Waals surface area contributed by atoms with Crippen molar-refractivity contribution >= 4 is 11.9 Å². The monoisotopic (exact) mass is 249 g/mol. The highest BCUT2D eigenvalue weighted by Gasteiger charge is 2.25. The van der Waals surface area contributed by atoms with E-state index in [0.717, 1.165) is 5.56 Å². The van der Waals surface area contributed by atoms with E-state index >= 15 is 0 Å². The third-order valence-corrected chi connectivity index (χ3v) is 2.38. The molecular formula is C11H11N3O4. The molecule has 0 saturated heterocycles. The van der Waals surface area contributed by atoms with Crippen molar-refractivity contribution in [1.29, 1.82) is 0 Å². The molecule has 1 rings (SSSR count). The normalized spacial score (nSPS) is 9.83. The Kier molecular flexibility index (Phi) is 4.71. The second-order valence-electron chi connectivity index (χ2n) is 3.64. The number of hydrogen-bond acceptors (Lipinski definition) is 3. The fraction of sp³-hybridized carbons (Fsp3) is 0.273. The molecule has 0 amide bonds. The fourth-order valence-electron chi connectivity index (χ4n) is 1.41. The van der Waals surface area contributed by atoms with Gasteiger partial charge in [-0.1, -0.05) is 29.4 Å². The minimum absolute atomic E-state index is 0.0769. The van der Waals surface area contributed by atoms with E-state index in [0.29, 0.717) is 5.56 Å². The molecule has 1 aromatic carbocycles. The first-order valence-corrected chi connectivity index (χ1v) is 5.09. The van der Waals surface area contributed by atoms with E-state index < -0.39 is 17.9 Å². The lowest BCUT2D eigenvalue weighted by atomic mass is 9.99. The Balaban J connectivity index is 2.76. The number of carboxylic acids is 2. The van der Waals surface area contributed by atoms with Crippen LogP contribution in [0.4, 0.5) is 0 Å². The number of nitrogens with zero attached hydrogens (tertiary/aromatic N) is 3. The van der Waals surface area contributed by atoms with E-state index in [1.165, 1.54) is 0 Å². The van der Waals surface area contributed by atoms with Gasteiger partial charge in [-0.15, -0.1) is 0 Å². The summed E-state index contributed by atoms with van der Waals surface area (Å²) in [6, 6.07) is 6.60. The third-order valence-electron chi connectivity index (χ3n) is 2.38. The van der Waals surface area contributed by atoms with E-state index in [9.17, 15) is 9.59 Å². The van der Waals surface area contributed by atoms with Crippen molar-refractivity contribution < 1.29 is 19.8 Å². The first-order valence-electron chi connectivity index (χ1n) is 5.09. The van der Waals surface area contributed by atoms with Crippen molar-refractivity contribution in [2.24, 2.45) is 11.0 Å². The molecule has 7 heteroatoms. The Morgan fingerprint density at radius 2 is 1.67 bits per heavy atom. The molecule has 0 bridgehead atoms. The van der Waals surface area contributed by atoms with Crippen molar-refractivity contribution in [3.63, 3.8) is 0 Å². The molecule has 0 atom stereocenters. The number of hydrogen-bond donors (Lipinski definition) is 2. The molecule has 0 heterocycles. The number of benzene rings is 1. The van der Waals surface area contributed by atoms with Gasteiger partial charge in [0.15, 0.2) is 5.92 Å². The molecular weight excluding hydrogens is 238 g/mol. The van der Waals surface area contributed by atoms with Crippen molar-refractivity contribution in [1.82, 2.24) is 0 Å². The van der Waals surface area contributed by atoms with Gasteiger partial charge in [0.05, 0.1) is 6.54 Å². The molecule has 0 aliphatic rings. The second-order valence-corrected chi connectivity index (χ2v) is 3.64. The standard InChI is InChI=1S/C11H11N3O4/c12-14-13-6-8-3-1-7(2-4-8)5-9(10(15)16)11(17)18/h1-4,9H,5-6H2,(H,15,16)(H,17,18). The van der Waals surface area contributed by atoms with Gasteiger partial charge in [-0.25, -0.2) is 0 Å². The number of carbonyl (C=O) groups is 2. The Labute approximate surface area is 102 Å². The van der Waals surface area contributed by atoms with Gasteiger partial charge >= 0.3 is 11.9 Å². The first kappa shape index (κ1) is 13.5. The van der Waals surface area contributed by atoms with Crippen LogP contribution in [0.25, 0.3) is 10.4 Å². The van der Waals surface area contributed by atoms with Gasteiger partial charge in [-0.2, -0.15) is 0 Å². The average Bonchev–Trinajstić information content (AvgIpc) is 2.34. The van der Waals surface area contributed by atoms with Gasteiger partial charge in [0.1, 0.15) is 0 Å². The molecule has 7 nitrogen and oxygen atoms in total. The predicted molar refractivity (Wildman–Crippen MR) is 61.8 cm³/mol. The largest absolute Gasteiger partial charge is 0.481 e. The lowest BCUT2D eigenvalue weighted by Crippen LogP contribution is -2.25. The van der Waals surface area contributed by atoms with Crippen molar-refractivity contribution in [2.45, 2.75) is 13.0 Å². The van der Waals surface area contributed by atoms with Gasteiger partial charge in [0.2, 0.25) is 0 Å². The van der Waals surface area contributed by atoms with Crippen LogP contribution in [0.15, 0.2) is 29.4 Å². The SMILES string of the molecule is [N-]=[N+]=NCc1ccc(CC(C(=O)O)C(=O)O)cc1. The van der Waals surface area contributed by atoms with Crippen LogP contribution in [0.1, 0.15) is 11.1 Å². The Hall–Kier alpha value is -2.53. The third kappa shape index (κ3) is 3.80. The summed E-state index contributed by atoms with van der Waals surface area (Å²) in [5.41, 5.74) is 9.53. The summed E-state index contributed by atoms with van der Waals surface area (Å²) >= 11 is 0. The number of carboxylic acid groups (broad SMARTS) is 2. The maximum Gasteiger partial charge on any atom is 0.318 e. The van der Waals surface area contributed by atoms with Crippen molar-refractivity contribution in [3.8, 4) is 0 Å². The Morgan fingerprint density at radius 1 is 1.17 bits per heavy atom. The Morgan fingerprint density at radius 3 is 2.11 bits per heavy atom. The minimum atomic E-state index is -1.45. The second kappa shape index (κ2) is 6.27. The van der Waals surface area contributed by atoms with E-state index in [4.69, 9.17) is 15.7 Å². The average molecular weight is 249 g/mol. The number of aliphatic carboxylic acids is 2. The zero-order chi connectivity index (χ0) is 13.5. The quantitative estimate of drug-likeness (QED) is 0.345. The van der Waals surface area contributed by atoms with Crippen molar-refractivity contribution in [3.05, 3.63) is 45.8 Å².